The van der Waals surface area contributed by atoms with E-state index >= 15 is 0 Å². The molecule has 0 spiro atoms. The Balaban J connectivity index is 2.44. The molecule has 1 saturated carbocycles. The van der Waals surface area contributed by atoms with Crippen LogP contribution in [-0.4, -0.2) is 16.1 Å². The van der Waals surface area contributed by atoms with Crippen molar-refractivity contribution >= 4 is 5.97 Å². The van der Waals surface area contributed by atoms with E-state index < -0.39 is 12.4 Å². The van der Waals surface area contributed by atoms with E-state index in [-0.39, 0.29) is 17.2 Å². The summed E-state index contributed by atoms with van der Waals surface area (Å²) >= 11 is 0. The summed E-state index contributed by atoms with van der Waals surface area (Å²) in [5.74, 6) is -1.06. The number of hydrogen-bond acceptors (Lipinski definition) is 2. The third-order valence-corrected chi connectivity index (χ3v) is 2.41. The largest absolute Gasteiger partial charge is 0.477 e. The predicted octanol–water partition coefficient (Wildman–Crippen LogP) is 2.59. The van der Waals surface area contributed by atoms with Gasteiger partial charge in [-0.15, -0.1) is 0 Å². The van der Waals surface area contributed by atoms with Gasteiger partial charge in [-0.1, -0.05) is 0 Å². The smallest absolute Gasteiger partial charge is 0.354 e. The molecule has 0 bridgehead atoms. The number of pyridine rings is 1. The predicted molar refractivity (Wildman–Crippen MR) is 48.1 cm³/mol. The molecule has 15 heavy (non-hydrogen) atoms. The van der Waals surface area contributed by atoms with Crippen molar-refractivity contribution in [1.29, 1.82) is 0 Å². The minimum Gasteiger partial charge on any atom is -0.477 e. The zero-order valence-electron chi connectivity index (χ0n) is 7.78. The number of alkyl halides is 2. The van der Waals surface area contributed by atoms with Gasteiger partial charge in [-0.3, -0.25) is 0 Å². The Kier molecular flexibility index (Phi) is 2.38. The van der Waals surface area contributed by atoms with E-state index in [1.54, 1.807) is 0 Å². The molecule has 0 aromatic carbocycles. The Hall–Kier alpha value is -1.52. The molecule has 3 nitrogen and oxygen atoms in total. The lowest BCUT2D eigenvalue weighted by molar-refractivity contribution is 0.0688. The van der Waals surface area contributed by atoms with Gasteiger partial charge in [0.15, 0.2) is 5.69 Å². The Bertz CT molecular complexity index is 402. The molecule has 2 rings (SSSR count). The van der Waals surface area contributed by atoms with Crippen LogP contribution in [0.3, 0.4) is 0 Å². The van der Waals surface area contributed by atoms with Crippen LogP contribution in [0.25, 0.3) is 0 Å². The molecular formula is C10H9F2NO2. The monoisotopic (exact) mass is 213 g/mol. The Morgan fingerprint density at radius 3 is 2.67 bits per heavy atom. The number of carboxylic acids is 1. The quantitative estimate of drug-likeness (QED) is 0.839. The average Bonchev–Trinajstić information content (AvgIpc) is 2.99. The van der Waals surface area contributed by atoms with Gasteiger partial charge < -0.3 is 5.11 Å². The third-order valence-electron chi connectivity index (χ3n) is 2.41. The van der Waals surface area contributed by atoms with Crippen molar-refractivity contribution in [3.63, 3.8) is 0 Å². The van der Waals surface area contributed by atoms with Crippen molar-refractivity contribution in [3.05, 3.63) is 29.1 Å². The van der Waals surface area contributed by atoms with Crippen LogP contribution in [0.1, 0.15) is 46.8 Å². The second-order valence-electron chi connectivity index (χ2n) is 3.59. The number of aromatic carboxylic acids is 1. The van der Waals surface area contributed by atoms with E-state index in [4.69, 9.17) is 5.11 Å². The normalized spacial score (nSPS) is 15.7. The van der Waals surface area contributed by atoms with Crippen LogP contribution in [0, 0.1) is 0 Å². The lowest BCUT2D eigenvalue weighted by atomic mass is 10.1. The van der Waals surface area contributed by atoms with Gasteiger partial charge in [0, 0.05) is 11.8 Å². The fraction of sp³-hybridized carbons (Fsp3) is 0.400. The summed E-state index contributed by atoms with van der Waals surface area (Å²) in [7, 11) is 0. The van der Waals surface area contributed by atoms with Gasteiger partial charge in [0.25, 0.3) is 6.43 Å². The maximum Gasteiger partial charge on any atom is 0.354 e. The summed E-state index contributed by atoms with van der Waals surface area (Å²) in [5, 5.41) is 8.82. The standard InChI is InChI=1S/C10H9F2NO2/c11-9(12)6-3-7(5-1-2-5)8(10(14)15)13-4-6/h3-5,9H,1-2H2,(H,14,15). The average molecular weight is 213 g/mol. The first-order chi connectivity index (χ1) is 7.09. The molecule has 1 aliphatic rings. The first-order valence-corrected chi connectivity index (χ1v) is 4.61. The fourth-order valence-corrected chi connectivity index (χ4v) is 1.50. The lowest BCUT2D eigenvalue weighted by Crippen LogP contribution is -2.06. The minimum absolute atomic E-state index is 0.0955. The molecule has 0 saturated heterocycles. The number of halogens is 2. The molecule has 1 aromatic heterocycles. The van der Waals surface area contributed by atoms with Gasteiger partial charge in [-0.2, -0.15) is 0 Å². The van der Waals surface area contributed by atoms with Crippen LogP contribution >= 0.6 is 0 Å². The first kappa shape index (κ1) is 10.0. The second kappa shape index (κ2) is 3.56. The van der Waals surface area contributed by atoms with E-state index in [1.807, 2.05) is 0 Å². The Morgan fingerprint density at radius 1 is 1.53 bits per heavy atom. The Morgan fingerprint density at radius 2 is 2.20 bits per heavy atom. The van der Waals surface area contributed by atoms with E-state index in [1.165, 1.54) is 6.07 Å². The Labute approximate surface area is 84.8 Å². The summed E-state index contributed by atoms with van der Waals surface area (Å²) in [6.07, 6.45) is 0.0429. The third kappa shape index (κ3) is 1.95. The summed E-state index contributed by atoms with van der Waals surface area (Å²) in [4.78, 5) is 14.4. The van der Waals surface area contributed by atoms with Gasteiger partial charge >= 0.3 is 5.97 Å². The van der Waals surface area contributed by atoms with Crippen molar-refractivity contribution in [2.24, 2.45) is 0 Å². The zero-order valence-corrected chi connectivity index (χ0v) is 7.78. The van der Waals surface area contributed by atoms with Gasteiger partial charge in [0.1, 0.15) is 0 Å². The van der Waals surface area contributed by atoms with Crippen LogP contribution < -0.4 is 0 Å². The van der Waals surface area contributed by atoms with Crippen LogP contribution in [0.15, 0.2) is 12.3 Å². The zero-order chi connectivity index (χ0) is 11.0. The van der Waals surface area contributed by atoms with Crippen molar-refractivity contribution in [2.75, 3.05) is 0 Å². The molecule has 0 atom stereocenters. The van der Waals surface area contributed by atoms with Crippen LogP contribution in [-0.2, 0) is 0 Å². The van der Waals surface area contributed by atoms with Gasteiger partial charge in [0.2, 0.25) is 0 Å². The van der Waals surface area contributed by atoms with E-state index in [2.05, 4.69) is 4.98 Å². The highest BCUT2D eigenvalue weighted by atomic mass is 19.3. The topological polar surface area (TPSA) is 50.2 Å². The van der Waals surface area contributed by atoms with Crippen LogP contribution in [0.4, 0.5) is 8.78 Å². The van der Waals surface area contributed by atoms with Crippen molar-refractivity contribution in [1.82, 2.24) is 4.98 Å². The molecule has 0 amide bonds. The molecule has 5 heteroatoms. The first-order valence-electron chi connectivity index (χ1n) is 4.61. The summed E-state index contributed by atoms with van der Waals surface area (Å²) < 4.78 is 24.8. The highest BCUT2D eigenvalue weighted by molar-refractivity contribution is 5.87. The molecule has 0 aliphatic heterocycles. The molecule has 1 N–H and O–H groups in total. The molecule has 1 heterocycles. The highest BCUT2D eigenvalue weighted by Gasteiger charge is 2.30. The summed E-state index contributed by atoms with van der Waals surface area (Å²) in [5.41, 5.74) is 0.143. The van der Waals surface area contributed by atoms with Crippen LogP contribution in [0.5, 0.6) is 0 Å². The summed E-state index contributed by atoms with van der Waals surface area (Å²) in [6.45, 7) is 0. The number of aromatic nitrogens is 1. The number of nitrogens with zero attached hydrogens (tertiary/aromatic N) is 1. The van der Waals surface area contributed by atoms with Crippen LogP contribution in [0.2, 0.25) is 0 Å². The number of carbonyl (C=O) groups is 1. The van der Waals surface area contributed by atoms with E-state index in [0.29, 0.717) is 5.56 Å². The van der Waals surface area contributed by atoms with Gasteiger partial charge in [-0.25, -0.2) is 18.6 Å². The lowest BCUT2D eigenvalue weighted by Gasteiger charge is -2.06. The molecule has 1 aliphatic carbocycles. The highest BCUT2D eigenvalue weighted by Crippen LogP contribution is 2.42. The molecule has 0 unspecified atom stereocenters. The SMILES string of the molecule is O=C(O)c1ncc(C(F)F)cc1C1CC1. The molecule has 1 aromatic rings. The number of hydrogen-bond donors (Lipinski definition) is 1. The van der Waals surface area contributed by atoms with E-state index in [0.717, 1.165) is 19.0 Å². The second-order valence-corrected chi connectivity index (χ2v) is 3.59. The molecule has 1 fully saturated rings. The van der Waals surface area contributed by atoms with Crippen molar-refractivity contribution in [2.45, 2.75) is 25.2 Å². The van der Waals surface area contributed by atoms with E-state index in [9.17, 15) is 13.6 Å². The van der Waals surface area contributed by atoms with Gasteiger partial charge in [-0.05, 0) is 30.4 Å². The number of rotatable bonds is 3. The summed E-state index contributed by atoms with van der Waals surface area (Å²) in [6, 6.07) is 1.26. The van der Waals surface area contributed by atoms with Crippen molar-refractivity contribution in [3.8, 4) is 0 Å². The molecular weight excluding hydrogens is 204 g/mol. The maximum atomic E-state index is 12.4. The molecule has 0 radical (unpaired) electrons. The van der Waals surface area contributed by atoms with Crippen molar-refractivity contribution < 1.29 is 18.7 Å². The minimum atomic E-state index is -2.60. The maximum absolute atomic E-state index is 12.4. The fourth-order valence-electron chi connectivity index (χ4n) is 1.50. The molecule has 80 valence electrons. The van der Waals surface area contributed by atoms with Gasteiger partial charge in [0.05, 0.1) is 0 Å². The number of carboxylic acid groups (broad SMARTS) is 1.